The summed E-state index contributed by atoms with van der Waals surface area (Å²) in [4.78, 5) is 2.36. The van der Waals surface area contributed by atoms with Crippen LogP contribution in [0.5, 0.6) is 0 Å². The summed E-state index contributed by atoms with van der Waals surface area (Å²) in [6.07, 6.45) is 3.46. The Morgan fingerprint density at radius 3 is 2.78 bits per heavy atom. The maximum Gasteiger partial charge on any atom is 0.0739 e. The molecular weight excluding hydrogens is 288 g/mol. The number of aromatic nitrogens is 1. The lowest BCUT2D eigenvalue weighted by atomic mass is 10.1. The number of aliphatic hydroxyl groups excluding tert-OH is 1. The summed E-state index contributed by atoms with van der Waals surface area (Å²) in [5.41, 5.74) is 2.53. The normalized spacial score (nSPS) is 20.5. The molecule has 0 aliphatic carbocycles. The molecule has 0 amide bonds. The smallest absolute Gasteiger partial charge is 0.0739 e. The van der Waals surface area contributed by atoms with Gasteiger partial charge in [-0.15, -0.1) is 0 Å². The zero-order valence-electron chi connectivity index (χ0n) is 13.8. The molecule has 0 bridgehead atoms. The van der Waals surface area contributed by atoms with Crippen LogP contribution < -0.4 is 0 Å². The van der Waals surface area contributed by atoms with Gasteiger partial charge in [-0.25, -0.2) is 0 Å². The van der Waals surface area contributed by atoms with Crippen molar-refractivity contribution in [2.45, 2.75) is 25.0 Å². The number of ether oxygens (including phenoxy) is 1. The molecular formula is C19H26N2O2. The molecule has 1 N–H and O–H groups in total. The van der Waals surface area contributed by atoms with Crippen molar-refractivity contribution in [1.29, 1.82) is 0 Å². The van der Waals surface area contributed by atoms with Crippen molar-refractivity contribution in [2.24, 2.45) is 7.05 Å². The molecule has 2 aromatic rings. The van der Waals surface area contributed by atoms with E-state index < -0.39 is 0 Å². The van der Waals surface area contributed by atoms with Crippen LogP contribution in [-0.4, -0.2) is 47.0 Å². The van der Waals surface area contributed by atoms with Gasteiger partial charge in [0.1, 0.15) is 0 Å². The van der Waals surface area contributed by atoms with E-state index in [1.54, 1.807) is 0 Å². The van der Waals surface area contributed by atoms with E-state index in [0.29, 0.717) is 13.2 Å². The summed E-state index contributed by atoms with van der Waals surface area (Å²) >= 11 is 0. The Labute approximate surface area is 138 Å². The topological polar surface area (TPSA) is 37.6 Å². The summed E-state index contributed by atoms with van der Waals surface area (Å²) in [6, 6.07) is 14.8. The first-order valence-electron chi connectivity index (χ1n) is 8.39. The number of nitrogens with zero attached hydrogens (tertiary/aromatic N) is 2. The molecule has 2 atom stereocenters. The Morgan fingerprint density at radius 2 is 2.04 bits per heavy atom. The lowest BCUT2D eigenvalue weighted by Crippen LogP contribution is -2.44. The van der Waals surface area contributed by atoms with Crippen LogP contribution >= 0.6 is 0 Å². The van der Waals surface area contributed by atoms with Crippen molar-refractivity contribution in [2.75, 3.05) is 26.3 Å². The zero-order chi connectivity index (χ0) is 16.1. The van der Waals surface area contributed by atoms with E-state index >= 15 is 0 Å². The van der Waals surface area contributed by atoms with Gasteiger partial charge in [0.25, 0.3) is 0 Å². The number of hydrogen-bond donors (Lipinski definition) is 1. The fraction of sp³-hybridized carbons (Fsp3) is 0.474. The predicted molar refractivity (Wildman–Crippen MR) is 91.3 cm³/mol. The van der Waals surface area contributed by atoms with Crippen LogP contribution in [0.15, 0.2) is 48.7 Å². The van der Waals surface area contributed by atoms with Crippen LogP contribution in [0.1, 0.15) is 23.7 Å². The van der Waals surface area contributed by atoms with E-state index in [9.17, 15) is 5.11 Å². The van der Waals surface area contributed by atoms with Gasteiger partial charge in [-0.05, 0) is 30.5 Å². The van der Waals surface area contributed by atoms with Gasteiger partial charge < -0.3 is 14.4 Å². The van der Waals surface area contributed by atoms with Crippen molar-refractivity contribution in [1.82, 2.24) is 9.47 Å². The zero-order valence-corrected chi connectivity index (χ0v) is 13.8. The first kappa shape index (κ1) is 16.2. The molecule has 1 fully saturated rings. The van der Waals surface area contributed by atoms with Gasteiger partial charge in [0.15, 0.2) is 0 Å². The number of β-amino-alcohol motifs (C(OH)–C–C–N with tert-alkyl or cyclic N) is 1. The third-order valence-corrected chi connectivity index (χ3v) is 4.62. The molecule has 0 unspecified atom stereocenters. The van der Waals surface area contributed by atoms with Crippen LogP contribution in [0.3, 0.4) is 0 Å². The van der Waals surface area contributed by atoms with Gasteiger partial charge in [0, 0.05) is 32.0 Å². The lowest BCUT2D eigenvalue weighted by molar-refractivity contribution is -0.0305. The van der Waals surface area contributed by atoms with Crippen LogP contribution in [0.25, 0.3) is 0 Å². The number of morpholine rings is 1. The molecule has 23 heavy (non-hydrogen) atoms. The molecule has 1 aromatic carbocycles. The summed E-state index contributed by atoms with van der Waals surface area (Å²) in [5.74, 6) is 0. The van der Waals surface area contributed by atoms with E-state index in [1.165, 1.54) is 11.3 Å². The third kappa shape index (κ3) is 4.22. The van der Waals surface area contributed by atoms with E-state index in [-0.39, 0.29) is 12.1 Å². The molecule has 0 spiro atoms. The first-order valence-corrected chi connectivity index (χ1v) is 8.39. The average Bonchev–Trinajstić information content (AvgIpc) is 3.00. The molecule has 0 saturated carbocycles. The average molecular weight is 314 g/mol. The molecule has 2 heterocycles. The second-order valence-corrected chi connectivity index (χ2v) is 6.31. The second-order valence-electron chi connectivity index (χ2n) is 6.31. The third-order valence-electron chi connectivity index (χ3n) is 4.62. The minimum absolute atomic E-state index is 0.232. The highest BCUT2D eigenvalue weighted by Gasteiger charge is 2.27. The monoisotopic (exact) mass is 314 g/mol. The van der Waals surface area contributed by atoms with Gasteiger partial charge in [0.05, 0.1) is 25.4 Å². The molecule has 1 aliphatic heterocycles. The molecule has 3 rings (SSSR count). The minimum Gasteiger partial charge on any atom is -0.392 e. The van der Waals surface area contributed by atoms with Crippen molar-refractivity contribution in [3.05, 3.63) is 59.9 Å². The van der Waals surface area contributed by atoms with E-state index in [4.69, 9.17) is 4.74 Å². The fourth-order valence-electron chi connectivity index (χ4n) is 3.29. The van der Waals surface area contributed by atoms with Gasteiger partial charge >= 0.3 is 0 Å². The molecule has 0 radical (unpaired) electrons. The highest BCUT2D eigenvalue weighted by molar-refractivity contribution is 5.15. The van der Waals surface area contributed by atoms with Crippen molar-refractivity contribution < 1.29 is 9.84 Å². The SMILES string of the molecule is Cn1cccc1[C@@H]1COCCN1C[C@H](O)CCc1ccccc1. The largest absolute Gasteiger partial charge is 0.392 e. The minimum atomic E-state index is -0.309. The van der Waals surface area contributed by atoms with Crippen molar-refractivity contribution in [3.8, 4) is 0 Å². The highest BCUT2D eigenvalue weighted by atomic mass is 16.5. The molecule has 1 aromatic heterocycles. The van der Waals surface area contributed by atoms with Gasteiger partial charge in [-0.1, -0.05) is 30.3 Å². The van der Waals surface area contributed by atoms with Crippen molar-refractivity contribution in [3.63, 3.8) is 0 Å². The van der Waals surface area contributed by atoms with Crippen LogP contribution in [0.2, 0.25) is 0 Å². The van der Waals surface area contributed by atoms with Crippen LogP contribution in [-0.2, 0) is 18.2 Å². The van der Waals surface area contributed by atoms with Crippen LogP contribution in [0.4, 0.5) is 0 Å². The summed E-state index contributed by atoms with van der Waals surface area (Å²) in [6.45, 7) is 3.01. The fourth-order valence-corrected chi connectivity index (χ4v) is 3.29. The van der Waals surface area contributed by atoms with E-state index in [2.05, 4.69) is 59.1 Å². The number of hydrogen-bond acceptors (Lipinski definition) is 3. The lowest BCUT2D eigenvalue weighted by Gasteiger charge is -2.37. The molecule has 124 valence electrons. The maximum absolute atomic E-state index is 10.5. The van der Waals surface area contributed by atoms with E-state index in [1.807, 2.05) is 6.07 Å². The summed E-state index contributed by atoms with van der Waals surface area (Å²) < 4.78 is 7.81. The molecule has 1 saturated heterocycles. The Kier molecular flexibility index (Phi) is 5.49. The Balaban J connectivity index is 1.57. The van der Waals surface area contributed by atoms with Crippen molar-refractivity contribution >= 4 is 0 Å². The number of benzene rings is 1. The number of aryl methyl sites for hydroxylation is 2. The van der Waals surface area contributed by atoms with Gasteiger partial charge in [-0.2, -0.15) is 0 Å². The Bertz CT molecular complexity index is 596. The Morgan fingerprint density at radius 1 is 1.22 bits per heavy atom. The van der Waals surface area contributed by atoms with E-state index in [0.717, 1.165) is 26.0 Å². The molecule has 4 nitrogen and oxygen atoms in total. The first-order chi connectivity index (χ1) is 11.2. The second kappa shape index (κ2) is 7.77. The van der Waals surface area contributed by atoms with Gasteiger partial charge in [-0.3, -0.25) is 4.90 Å². The highest BCUT2D eigenvalue weighted by Crippen LogP contribution is 2.24. The molecule has 1 aliphatic rings. The molecule has 4 heteroatoms. The Hall–Kier alpha value is -1.62. The standard InChI is InChI=1S/C19H26N2O2/c1-20-11-5-8-18(20)19-15-23-13-12-21(19)14-17(22)10-9-16-6-3-2-4-7-16/h2-8,11,17,19,22H,9-10,12-15H2,1H3/t17-,19+/m1/s1. The predicted octanol–water partition coefficient (Wildman–Crippen LogP) is 2.39. The number of rotatable bonds is 6. The summed E-state index contributed by atoms with van der Waals surface area (Å²) in [5, 5.41) is 10.5. The number of aliphatic hydroxyl groups is 1. The van der Waals surface area contributed by atoms with Crippen LogP contribution in [0, 0.1) is 0 Å². The maximum atomic E-state index is 10.5. The summed E-state index contributed by atoms with van der Waals surface area (Å²) in [7, 11) is 2.06. The van der Waals surface area contributed by atoms with Gasteiger partial charge in [0.2, 0.25) is 0 Å². The quantitative estimate of drug-likeness (QED) is 0.889.